The van der Waals surface area contributed by atoms with Crippen LogP contribution in [0, 0.1) is 5.82 Å². The second kappa shape index (κ2) is 5.59. The summed E-state index contributed by atoms with van der Waals surface area (Å²) in [6.45, 7) is 2.39. The SMILES string of the molecule is CCC1CN(c2ccc(-c3cnn4ncccc34)c(F)c2)C(=O)O1. The van der Waals surface area contributed by atoms with E-state index in [4.69, 9.17) is 4.74 Å². The predicted molar refractivity (Wildman–Crippen MR) is 86.3 cm³/mol. The molecule has 0 saturated carbocycles. The molecule has 6 nitrogen and oxygen atoms in total. The Kier molecular flexibility index (Phi) is 3.41. The lowest BCUT2D eigenvalue weighted by Crippen LogP contribution is -2.24. The summed E-state index contributed by atoms with van der Waals surface area (Å²) in [6, 6.07) is 8.33. The summed E-state index contributed by atoms with van der Waals surface area (Å²) in [6.07, 6.45) is 3.35. The van der Waals surface area contributed by atoms with Crippen LogP contribution in [0.4, 0.5) is 14.9 Å². The second-order valence-electron chi connectivity index (χ2n) is 5.65. The van der Waals surface area contributed by atoms with Crippen LogP contribution in [0.2, 0.25) is 0 Å². The van der Waals surface area contributed by atoms with Crippen molar-refractivity contribution in [2.24, 2.45) is 0 Å². The lowest BCUT2D eigenvalue weighted by atomic mass is 10.1. The molecule has 0 aliphatic carbocycles. The van der Waals surface area contributed by atoms with Crippen LogP contribution in [0.1, 0.15) is 13.3 Å². The molecule has 1 saturated heterocycles. The third kappa shape index (κ3) is 2.29. The molecule has 0 radical (unpaired) electrons. The molecule has 3 aromatic rings. The minimum atomic E-state index is -0.436. The maximum atomic E-state index is 14.7. The fourth-order valence-corrected chi connectivity index (χ4v) is 2.88. The number of fused-ring (bicyclic) bond motifs is 1. The number of carbonyl (C=O) groups is 1. The van der Waals surface area contributed by atoms with E-state index in [1.54, 1.807) is 30.6 Å². The van der Waals surface area contributed by atoms with E-state index in [2.05, 4.69) is 10.2 Å². The van der Waals surface area contributed by atoms with Crippen molar-refractivity contribution in [3.63, 3.8) is 0 Å². The van der Waals surface area contributed by atoms with E-state index < -0.39 is 11.9 Å². The Hall–Kier alpha value is -2.96. The topological polar surface area (TPSA) is 59.7 Å². The number of halogens is 1. The number of aromatic nitrogens is 3. The van der Waals surface area contributed by atoms with Crippen molar-refractivity contribution in [2.75, 3.05) is 11.4 Å². The molecule has 3 heterocycles. The van der Waals surface area contributed by atoms with E-state index in [0.29, 0.717) is 23.4 Å². The average Bonchev–Trinajstić information content (AvgIpc) is 3.18. The van der Waals surface area contributed by atoms with Gasteiger partial charge >= 0.3 is 6.09 Å². The Labute approximate surface area is 137 Å². The Balaban J connectivity index is 1.71. The van der Waals surface area contributed by atoms with Crippen molar-refractivity contribution >= 4 is 17.3 Å². The quantitative estimate of drug-likeness (QED) is 0.741. The second-order valence-corrected chi connectivity index (χ2v) is 5.65. The Morgan fingerprint density at radius 2 is 2.17 bits per heavy atom. The molecule has 1 aliphatic heterocycles. The number of hydrogen-bond donors (Lipinski definition) is 0. The van der Waals surface area contributed by atoms with Gasteiger partial charge in [-0.3, -0.25) is 4.90 Å². The van der Waals surface area contributed by atoms with Gasteiger partial charge in [0.1, 0.15) is 11.9 Å². The monoisotopic (exact) mass is 326 g/mol. The lowest BCUT2D eigenvalue weighted by molar-refractivity contribution is 0.139. The van der Waals surface area contributed by atoms with Crippen LogP contribution >= 0.6 is 0 Å². The number of benzene rings is 1. The van der Waals surface area contributed by atoms with Gasteiger partial charge in [-0.25, -0.2) is 9.18 Å². The van der Waals surface area contributed by atoms with E-state index in [-0.39, 0.29) is 6.10 Å². The summed E-state index contributed by atoms with van der Waals surface area (Å²) in [7, 11) is 0. The molecule has 2 aromatic heterocycles. The Morgan fingerprint density at radius 1 is 1.29 bits per heavy atom. The fraction of sp³-hybridized carbons (Fsp3) is 0.235. The zero-order valence-electron chi connectivity index (χ0n) is 13.0. The number of amides is 1. The van der Waals surface area contributed by atoms with Crippen molar-refractivity contribution in [1.29, 1.82) is 0 Å². The molecule has 4 rings (SSSR count). The van der Waals surface area contributed by atoms with Gasteiger partial charge in [0, 0.05) is 17.3 Å². The highest BCUT2D eigenvalue weighted by atomic mass is 19.1. The third-order valence-corrected chi connectivity index (χ3v) is 4.19. The first kappa shape index (κ1) is 14.6. The van der Waals surface area contributed by atoms with E-state index in [1.165, 1.54) is 15.6 Å². The molecule has 0 spiro atoms. The normalized spacial score (nSPS) is 17.5. The van der Waals surface area contributed by atoms with Crippen LogP contribution in [0.3, 0.4) is 0 Å². The van der Waals surface area contributed by atoms with Crippen LogP contribution in [0.5, 0.6) is 0 Å². The number of cyclic esters (lactones) is 1. The van der Waals surface area contributed by atoms with Gasteiger partial charge in [0.25, 0.3) is 0 Å². The summed E-state index contributed by atoms with van der Waals surface area (Å²) in [5.74, 6) is -0.418. The Bertz CT molecular complexity index is 924. The first-order chi connectivity index (χ1) is 11.7. The average molecular weight is 326 g/mol. The van der Waals surface area contributed by atoms with Gasteiger partial charge in [0.15, 0.2) is 0 Å². The molecular formula is C17H15FN4O2. The van der Waals surface area contributed by atoms with Crippen LogP contribution in [-0.2, 0) is 4.74 Å². The van der Waals surface area contributed by atoms with Gasteiger partial charge in [-0.2, -0.15) is 14.8 Å². The third-order valence-electron chi connectivity index (χ3n) is 4.19. The van der Waals surface area contributed by atoms with E-state index in [1.807, 2.05) is 13.0 Å². The van der Waals surface area contributed by atoms with Crippen molar-refractivity contribution in [2.45, 2.75) is 19.4 Å². The van der Waals surface area contributed by atoms with Crippen molar-refractivity contribution in [1.82, 2.24) is 14.8 Å². The molecule has 1 fully saturated rings. The van der Waals surface area contributed by atoms with Crippen molar-refractivity contribution in [3.05, 3.63) is 48.5 Å². The van der Waals surface area contributed by atoms with Gasteiger partial charge in [0.2, 0.25) is 0 Å². The Morgan fingerprint density at radius 3 is 2.92 bits per heavy atom. The van der Waals surface area contributed by atoms with Gasteiger partial charge in [-0.1, -0.05) is 6.92 Å². The van der Waals surface area contributed by atoms with E-state index in [9.17, 15) is 9.18 Å². The molecule has 1 aromatic carbocycles. The highest BCUT2D eigenvalue weighted by Crippen LogP contribution is 2.31. The summed E-state index contributed by atoms with van der Waals surface area (Å²) in [5, 5.41) is 8.20. The fourth-order valence-electron chi connectivity index (χ4n) is 2.88. The molecule has 0 N–H and O–H groups in total. The number of ether oxygens (including phenoxy) is 1. The maximum absolute atomic E-state index is 14.7. The molecule has 122 valence electrons. The van der Waals surface area contributed by atoms with Crippen LogP contribution in [0.15, 0.2) is 42.7 Å². The van der Waals surface area contributed by atoms with Gasteiger partial charge in [0.05, 0.1) is 23.9 Å². The summed E-state index contributed by atoms with van der Waals surface area (Å²) in [4.78, 5) is 13.4. The molecule has 1 aliphatic rings. The molecule has 1 amide bonds. The summed E-state index contributed by atoms with van der Waals surface area (Å²) >= 11 is 0. The number of anilines is 1. The number of nitrogens with zero attached hydrogens (tertiary/aromatic N) is 4. The van der Waals surface area contributed by atoms with E-state index >= 15 is 0 Å². The molecule has 0 bridgehead atoms. The lowest BCUT2D eigenvalue weighted by Gasteiger charge is -2.14. The zero-order chi connectivity index (χ0) is 16.7. The number of carbonyl (C=O) groups excluding carboxylic acids is 1. The zero-order valence-corrected chi connectivity index (χ0v) is 13.0. The maximum Gasteiger partial charge on any atom is 0.414 e. The minimum Gasteiger partial charge on any atom is -0.444 e. The highest BCUT2D eigenvalue weighted by Gasteiger charge is 2.31. The van der Waals surface area contributed by atoms with Gasteiger partial charge in [-0.05, 0) is 36.8 Å². The summed E-state index contributed by atoms with van der Waals surface area (Å²) < 4.78 is 21.3. The van der Waals surface area contributed by atoms with Gasteiger partial charge in [-0.15, -0.1) is 0 Å². The molecule has 1 atom stereocenters. The van der Waals surface area contributed by atoms with Crippen molar-refractivity contribution in [3.8, 4) is 11.1 Å². The smallest absolute Gasteiger partial charge is 0.414 e. The summed E-state index contributed by atoms with van der Waals surface area (Å²) in [5.41, 5.74) is 2.28. The standard InChI is InChI=1S/C17H15FN4O2/c1-2-12-10-21(17(23)24-12)11-5-6-13(15(18)8-11)14-9-20-22-16(14)4-3-7-19-22/h3-9,12H,2,10H2,1H3. The largest absolute Gasteiger partial charge is 0.444 e. The number of rotatable bonds is 3. The van der Waals surface area contributed by atoms with Crippen LogP contribution in [-0.4, -0.2) is 33.6 Å². The molecule has 7 heteroatoms. The highest BCUT2D eigenvalue weighted by molar-refractivity contribution is 5.90. The predicted octanol–water partition coefficient (Wildman–Crippen LogP) is 3.27. The van der Waals surface area contributed by atoms with Crippen LogP contribution in [0.25, 0.3) is 16.6 Å². The molecule has 1 unspecified atom stereocenters. The van der Waals surface area contributed by atoms with E-state index in [0.717, 1.165) is 11.9 Å². The van der Waals surface area contributed by atoms with Crippen molar-refractivity contribution < 1.29 is 13.9 Å². The molecule has 24 heavy (non-hydrogen) atoms. The molecular weight excluding hydrogens is 311 g/mol. The van der Waals surface area contributed by atoms with Gasteiger partial charge < -0.3 is 4.74 Å². The van der Waals surface area contributed by atoms with Crippen LogP contribution < -0.4 is 4.90 Å². The minimum absolute atomic E-state index is 0.147. The first-order valence-electron chi connectivity index (χ1n) is 7.74. The first-order valence-corrected chi connectivity index (χ1v) is 7.74. The number of hydrogen-bond acceptors (Lipinski definition) is 4.